The Morgan fingerprint density at radius 3 is 2.30 bits per heavy atom. The fourth-order valence-electron chi connectivity index (χ4n) is 3.01. The van der Waals surface area contributed by atoms with Gasteiger partial charge in [-0.05, 0) is 48.3 Å². The molecule has 20 heavy (non-hydrogen) atoms. The molecule has 2 atom stereocenters. The van der Waals surface area contributed by atoms with Gasteiger partial charge in [-0.25, -0.2) is 0 Å². The van der Waals surface area contributed by atoms with Gasteiger partial charge in [0.1, 0.15) is 0 Å². The van der Waals surface area contributed by atoms with Gasteiger partial charge in [0.15, 0.2) is 0 Å². The standard InChI is InChI=1S/C18H27ClO/c1-12(2)14-7-8-15(16(11-14)13(3)4)17(19)18(5)9-6-10-20-18/h7-8,11-13,17H,6,9-10H2,1-5H3. The van der Waals surface area contributed by atoms with Crippen molar-refractivity contribution in [3.8, 4) is 0 Å². The van der Waals surface area contributed by atoms with Gasteiger partial charge in [0.25, 0.3) is 0 Å². The smallest absolute Gasteiger partial charge is 0.0875 e. The van der Waals surface area contributed by atoms with Crippen LogP contribution in [0, 0.1) is 0 Å². The van der Waals surface area contributed by atoms with Crippen molar-refractivity contribution in [3.63, 3.8) is 0 Å². The van der Waals surface area contributed by atoms with Crippen LogP contribution in [0.1, 0.15) is 81.4 Å². The number of halogens is 1. The van der Waals surface area contributed by atoms with Gasteiger partial charge in [0, 0.05) is 6.61 Å². The highest BCUT2D eigenvalue weighted by atomic mass is 35.5. The molecule has 2 heteroatoms. The van der Waals surface area contributed by atoms with Gasteiger partial charge in [-0.15, -0.1) is 11.6 Å². The maximum absolute atomic E-state index is 6.81. The van der Waals surface area contributed by atoms with Crippen molar-refractivity contribution in [2.45, 2.75) is 70.3 Å². The summed E-state index contributed by atoms with van der Waals surface area (Å²) in [5.41, 5.74) is 3.78. The van der Waals surface area contributed by atoms with Gasteiger partial charge in [-0.3, -0.25) is 0 Å². The average Bonchev–Trinajstić information content (AvgIpc) is 2.85. The molecule has 1 nitrogen and oxygen atoms in total. The maximum atomic E-state index is 6.81. The summed E-state index contributed by atoms with van der Waals surface area (Å²) in [5.74, 6) is 1.03. The summed E-state index contributed by atoms with van der Waals surface area (Å²) in [7, 11) is 0. The fraction of sp³-hybridized carbons (Fsp3) is 0.667. The molecule has 0 aliphatic carbocycles. The number of rotatable bonds is 4. The van der Waals surface area contributed by atoms with E-state index < -0.39 is 0 Å². The third-order valence-corrected chi connectivity index (χ3v) is 5.15. The Balaban J connectivity index is 2.40. The highest BCUT2D eigenvalue weighted by Gasteiger charge is 2.39. The molecule has 1 saturated heterocycles. The third kappa shape index (κ3) is 3.04. The second-order valence-corrected chi connectivity index (χ2v) is 7.26. The maximum Gasteiger partial charge on any atom is 0.0875 e. The van der Waals surface area contributed by atoms with Crippen LogP contribution in [0.15, 0.2) is 18.2 Å². The number of ether oxygens (including phenoxy) is 1. The summed E-state index contributed by atoms with van der Waals surface area (Å²) < 4.78 is 5.94. The van der Waals surface area contributed by atoms with Gasteiger partial charge in [-0.2, -0.15) is 0 Å². The second kappa shape index (κ2) is 6.07. The largest absolute Gasteiger partial charge is 0.373 e. The van der Waals surface area contributed by atoms with Crippen LogP contribution in [0.4, 0.5) is 0 Å². The minimum absolute atomic E-state index is 0.0661. The van der Waals surface area contributed by atoms with Crippen LogP contribution in [0.3, 0.4) is 0 Å². The van der Waals surface area contributed by atoms with Crippen LogP contribution in [0.25, 0.3) is 0 Å². The lowest BCUT2D eigenvalue weighted by atomic mass is 9.85. The molecule has 1 aliphatic heterocycles. The Hall–Kier alpha value is -0.530. The van der Waals surface area contributed by atoms with Crippen LogP contribution >= 0.6 is 11.6 Å². The fourth-order valence-corrected chi connectivity index (χ4v) is 3.38. The van der Waals surface area contributed by atoms with E-state index in [1.165, 1.54) is 16.7 Å². The molecule has 0 aromatic heterocycles. The molecule has 2 unspecified atom stereocenters. The zero-order valence-corrected chi connectivity index (χ0v) is 14.1. The molecule has 112 valence electrons. The first-order valence-electron chi connectivity index (χ1n) is 7.77. The van der Waals surface area contributed by atoms with Crippen LogP contribution in [-0.4, -0.2) is 12.2 Å². The summed E-state index contributed by atoms with van der Waals surface area (Å²) in [6.45, 7) is 11.9. The SMILES string of the molecule is CC(C)c1ccc(C(Cl)C2(C)CCCO2)c(C(C)C)c1. The van der Waals surface area contributed by atoms with Gasteiger partial charge in [0.05, 0.1) is 11.0 Å². The van der Waals surface area contributed by atoms with E-state index in [9.17, 15) is 0 Å². The summed E-state index contributed by atoms with van der Waals surface area (Å²) in [4.78, 5) is 0. The van der Waals surface area contributed by atoms with Crippen LogP contribution < -0.4 is 0 Å². The molecule has 0 radical (unpaired) electrons. The van der Waals surface area contributed by atoms with Crippen molar-refractivity contribution >= 4 is 11.6 Å². The Bertz CT molecular complexity index is 458. The van der Waals surface area contributed by atoms with Crippen LogP contribution in [-0.2, 0) is 4.74 Å². The highest BCUT2D eigenvalue weighted by Crippen LogP contribution is 2.44. The first kappa shape index (κ1) is 15.9. The van der Waals surface area contributed by atoms with E-state index in [-0.39, 0.29) is 11.0 Å². The van der Waals surface area contributed by atoms with Crippen molar-refractivity contribution in [1.29, 1.82) is 0 Å². The molecule has 0 spiro atoms. The molecule has 0 bridgehead atoms. The topological polar surface area (TPSA) is 9.23 Å². The quantitative estimate of drug-likeness (QED) is 0.639. The Labute approximate surface area is 128 Å². The lowest BCUT2D eigenvalue weighted by molar-refractivity contribution is 0.0162. The number of alkyl halides is 1. The number of hydrogen-bond acceptors (Lipinski definition) is 1. The highest BCUT2D eigenvalue weighted by molar-refractivity contribution is 6.21. The van der Waals surface area contributed by atoms with Crippen molar-refractivity contribution in [1.82, 2.24) is 0 Å². The van der Waals surface area contributed by atoms with Crippen molar-refractivity contribution in [3.05, 3.63) is 34.9 Å². The molecule has 1 aromatic carbocycles. The first-order valence-corrected chi connectivity index (χ1v) is 8.20. The zero-order chi connectivity index (χ0) is 14.9. The van der Waals surface area contributed by atoms with Crippen molar-refractivity contribution in [2.75, 3.05) is 6.61 Å². The monoisotopic (exact) mass is 294 g/mol. The molecule has 1 aromatic rings. The normalized spacial score (nSPS) is 24.6. The Kier molecular flexibility index (Phi) is 4.81. The summed E-state index contributed by atoms with van der Waals surface area (Å²) in [5, 5.41) is -0.0661. The lowest BCUT2D eigenvalue weighted by Crippen LogP contribution is -2.29. The molecule has 0 saturated carbocycles. The molecular formula is C18H27ClO. The zero-order valence-electron chi connectivity index (χ0n) is 13.4. The van der Waals surface area contributed by atoms with Gasteiger partial charge in [0.2, 0.25) is 0 Å². The molecule has 1 aliphatic rings. The molecule has 2 rings (SSSR count). The van der Waals surface area contributed by atoms with Crippen LogP contribution in [0.2, 0.25) is 0 Å². The predicted molar refractivity (Wildman–Crippen MR) is 86.8 cm³/mol. The third-order valence-electron chi connectivity index (χ3n) is 4.46. The number of hydrogen-bond donors (Lipinski definition) is 0. The first-order chi connectivity index (χ1) is 9.35. The van der Waals surface area contributed by atoms with E-state index in [0.717, 1.165) is 19.4 Å². The van der Waals surface area contributed by atoms with Crippen LogP contribution in [0.5, 0.6) is 0 Å². The van der Waals surface area contributed by atoms with Crippen molar-refractivity contribution < 1.29 is 4.74 Å². The summed E-state index contributed by atoms with van der Waals surface area (Å²) >= 11 is 6.81. The predicted octanol–water partition coefficient (Wildman–Crippen LogP) is 5.78. The minimum atomic E-state index is -0.218. The molecule has 1 fully saturated rings. The van der Waals surface area contributed by atoms with Gasteiger partial charge in [-0.1, -0.05) is 45.9 Å². The summed E-state index contributed by atoms with van der Waals surface area (Å²) in [6.07, 6.45) is 2.16. The second-order valence-electron chi connectivity index (χ2n) is 6.82. The molecule has 1 heterocycles. The molecular weight excluding hydrogens is 268 g/mol. The van der Waals surface area contributed by atoms with Crippen molar-refractivity contribution in [2.24, 2.45) is 0 Å². The van der Waals surface area contributed by atoms with E-state index >= 15 is 0 Å². The summed E-state index contributed by atoms with van der Waals surface area (Å²) in [6, 6.07) is 6.77. The van der Waals surface area contributed by atoms with E-state index in [1.54, 1.807) is 0 Å². The van der Waals surface area contributed by atoms with Gasteiger partial charge < -0.3 is 4.74 Å². The lowest BCUT2D eigenvalue weighted by Gasteiger charge is -2.31. The molecule has 0 N–H and O–H groups in total. The van der Waals surface area contributed by atoms with Gasteiger partial charge >= 0.3 is 0 Å². The van der Waals surface area contributed by atoms with E-state index in [4.69, 9.17) is 16.3 Å². The number of benzene rings is 1. The Morgan fingerprint density at radius 2 is 1.80 bits per heavy atom. The Morgan fingerprint density at radius 1 is 1.10 bits per heavy atom. The minimum Gasteiger partial charge on any atom is -0.373 e. The van der Waals surface area contributed by atoms with E-state index in [1.807, 2.05) is 0 Å². The van der Waals surface area contributed by atoms with E-state index in [2.05, 4.69) is 52.8 Å². The molecule has 0 amide bonds. The van der Waals surface area contributed by atoms with E-state index in [0.29, 0.717) is 11.8 Å². The average molecular weight is 295 g/mol.